The van der Waals surface area contributed by atoms with Gasteiger partial charge in [-0.1, -0.05) is 42.3 Å². The van der Waals surface area contributed by atoms with Crippen molar-refractivity contribution in [2.75, 3.05) is 158 Å². The predicted octanol–water partition coefficient (Wildman–Crippen LogP) is -4.71. The van der Waals surface area contributed by atoms with E-state index in [0.717, 1.165) is 38.7 Å². The highest BCUT2D eigenvalue weighted by Crippen LogP contribution is 2.57. The molecule has 0 spiro atoms. The Balaban J connectivity index is 0.721. The average Bonchev–Trinajstić information content (AvgIpc) is 1.60. The third kappa shape index (κ3) is 26.5. The molecule has 15 heterocycles. The first kappa shape index (κ1) is 113. The second-order valence-corrected chi connectivity index (χ2v) is 45.6. The largest absolute Gasteiger partial charge is 0.780 e. The summed E-state index contributed by atoms with van der Waals surface area (Å²) < 4.78 is 194. The lowest BCUT2D eigenvalue weighted by Crippen LogP contribution is -2.42. The van der Waals surface area contributed by atoms with Crippen molar-refractivity contribution < 1.29 is 155 Å². The van der Waals surface area contributed by atoms with E-state index in [1.807, 2.05) is 0 Å². The second-order valence-electron chi connectivity index (χ2n) is 33.5. The van der Waals surface area contributed by atoms with Crippen molar-refractivity contribution >= 4 is 139 Å². The third-order valence-corrected chi connectivity index (χ3v) is 30.9. The number of rotatable bonds is 52. The van der Waals surface area contributed by atoms with Crippen molar-refractivity contribution in [2.24, 2.45) is 0 Å². The molecule has 9 aromatic rings. The molecule has 62 nitrogen and oxygen atoms in total. The summed E-state index contributed by atoms with van der Waals surface area (Å²) >= 11 is 22.5. The number of aromatic nitrogens is 18. The number of anilines is 4. The number of nitrogens with one attached hydrogen (secondary N) is 4. The summed E-state index contributed by atoms with van der Waals surface area (Å²) in [6.45, 7) is -22.2. The molecule has 6 aliphatic heterocycles. The lowest BCUT2D eigenvalue weighted by Gasteiger charge is -2.37. The van der Waals surface area contributed by atoms with Gasteiger partial charge in [0.15, 0.2) is 71.7 Å². The quantitative estimate of drug-likeness (QED) is 0.00982. The number of methoxy groups -OCH3 is 5. The second kappa shape index (κ2) is 48.7. The summed E-state index contributed by atoms with van der Waals surface area (Å²) in [5.74, 6) is -0.837. The van der Waals surface area contributed by atoms with Crippen LogP contribution in [-0.4, -0.2) is 331 Å². The lowest BCUT2D eigenvalue weighted by molar-refractivity contribution is -0.238. The van der Waals surface area contributed by atoms with Crippen molar-refractivity contribution in [1.29, 1.82) is 0 Å². The number of phosphoric ester groups is 1. The lowest BCUT2D eigenvalue weighted by atomic mass is 10.1. The van der Waals surface area contributed by atoms with E-state index >= 15 is 18.9 Å². The summed E-state index contributed by atoms with van der Waals surface area (Å²) in [6, 6.07) is 0. The van der Waals surface area contributed by atoms with Crippen LogP contribution in [0.5, 0.6) is 0 Å². The van der Waals surface area contributed by atoms with Gasteiger partial charge in [0.05, 0.1) is 130 Å². The Labute approximate surface area is 849 Å². The van der Waals surface area contributed by atoms with Crippen LogP contribution in [-0.2, 0) is 178 Å². The molecule has 15 rings (SSSR count). The van der Waals surface area contributed by atoms with Gasteiger partial charge in [-0.05, 0) is 27.2 Å². The zero-order chi connectivity index (χ0) is 106. The molecule has 6 aliphatic rings. The zero-order valence-electron chi connectivity index (χ0n) is 79.1. The Hall–Kier alpha value is -7.79. The van der Waals surface area contributed by atoms with Gasteiger partial charge in [-0.25, -0.2) is 39.3 Å². The van der Waals surface area contributed by atoms with Gasteiger partial charge in [0, 0.05) is 77.3 Å². The molecule has 10 unspecified atom stereocenters. The number of aromatic amines is 4. The summed E-state index contributed by atoms with van der Waals surface area (Å²) in [4.78, 5) is 197. The van der Waals surface area contributed by atoms with Crippen molar-refractivity contribution in [3.05, 3.63) is 133 Å². The average molecular weight is 2250 g/mol. The molecule has 0 radical (unpaired) electrons. The number of aliphatic hydroxyl groups excluding tert-OH is 1. The van der Waals surface area contributed by atoms with Crippen LogP contribution < -0.4 is 81.8 Å². The number of aliphatic hydroxyl groups is 1. The van der Waals surface area contributed by atoms with Crippen LogP contribution in [0, 0.1) is 20.8 Å². The van der Waals surface area contributed by atoms with Crippen LogP contribution in [0.4, 0.5) is 23.5 Å². The molecule has 9 aromatic heterocycles. The van der Waals surface area contributed by atoms with E-state index in [0.29, 0.717) is 5.56 Å². The Kier molecular flexibility index (Phi) is 37.5. The highest BCUT2D eigenvalue weighted by molar-refractivity contribution is 8.32. The Morgan fingerprint density at radius 1 is 0.415 bits per heavy atom. The fourth-order valence-corrected chi connectivity index (χ4v) is 23.5. The monoisotopic (exact) mass is 2250 g/mol. The maximum atomic E-state index is 15.6. The van der Waals surface area contributed by atoms with Crippen molar-refractivity contribution in [3.63, 3.8) is 0 Å². The number of nitrogens with zero attached hydrogens (tertiary/aromatic N) is 14. The number of nitrogen functional groups attached to an aromatic ring is 4. The van der Waals surface area contributed by atoms with E-state index in [9.17, 15) is 48.5 Å². The Bertz CT molecular complexity index is 6850. The van der Waals surface area contributed by atoms with Gasteiger partial charge in [-0.2, -0.15) is 15.0 Å². The minimum Gasteiger partial charge on any atom is -0.780 e. The molecule has 28 atom stereocenters. The molecular weight excluding hydrogens is 2140 g/mol. The number of phosphoric acid groups is 1. The molecule has 147 heavy (non-hydrogen) atoms. The van der Waals surface area contributed by atoms with Crippen LogP contribution in [0.3, 0.4) is 0 Å². The van der Waals surface area contributed by atoms with Crippen LogP contribution >= 0.6 is 34.8 Å². The van der Waals surface area contributed by atoms with Gasteiger partial charge in [0.25, 0.3) is 30.1 Å². The molecule has 0 amide bonds. The first-order chi connectivity index (χ1) is 70.0. The van der Waals surface area contributed by atoms with Gasteiger partial charge in [0.2, 0.25) is 11.9 Å². The van der Waals surface area contributed by atoms with Crippen LogP contribution in [0.2, 0.25) is 0 Å². The molecule has 0 aliphatic carbocycles. The summed E-state index contributed by atoms with van der Waals surface area (Å²) in [6.07, 6.45) is -29.5. The van der Waals surface area contributed by atoms with E-state index in [2.05, 4.69) is 59.8 Å². The van der Waals surface area contributed by atoms with Crippen molar-refractivity contribution in [2.45, 2.75) is 182 Å². The van der Waals surface area contributed by atoms with E-state index in [1.54, 1.807) is 13.8 Å². The molecule has 6 fully saturated rings. The molecule has 13 N–H and O–H groups in total. The normalized spacial score (nSPS) is 29.0. The van der Waals surface area contributed by atoms with Crippen LogP contribution in [0.25, 0.3) is 33.5 Å². The summed E-state index contributed by atoms with van der Waals surface area (Å²) in [5, 5.41) is 11.8. The number of H-pyrrole nitrogens is 4. The Morgan fingerprint density at radius 3 is 1.27 bits per heavy atom. The minimum absolute atomic E-state index is 0.00720. The first-order valence-corrected chi connectivity index (χ1v) is 56.3. The van der Waals surface area contributed by atoms with E-state index in [4.69, 9.17) is 192 Å². The minimum atomic E-state index is -6.18. The molecule has 0 bridgehead atoms. The number of ether oxygens (including phenoxy) is 16. The molecule has 0 saturated carbocycles. The number of fused-ring (bicyclic) bond motifs is 3. The molecule has 0 aromatic carbocycles. The maximum absolute atomic E-state index is 15.6. The van der Waals surface area contributed by atoms with E-state index < -0.39 is 255 Å². The predicted molar refractivity (Wildman–Crippen MR) is 507 cm³/mol. The number of hydrogen-bond donors (Lipinski definition) is 9. The molecule has 812 valence electrons. The van der Waals surface area contributed by atoms with Crippen molar-refractivity contribution in [1.82, 2.24) is 87.2 Å². The standard InChI is InChI=1S/C76H109N22O40P5S4/c1-10-37-38(21-44(128-37)96-31-84-46-61(96)87-72(79)89-65(46)102)134-140(109,144)125-28-43-52(57(122-20-15-117-9)71(133-43)98-33-85-47-62(98)88-73(80)90-66(47)103)138-142(111,146)126-27-41-49(54(119-17-12-114-6)70(132-41)97-32-83-45-59(78)81-30-82-60(45)97)135-139(107,108)123-26-40-50(55(120-18-13-115-7)68(130-40)94-23-35(3)63(100)91-75(94)105)136-143(112,147)127-29-42-51(56(121-19-14-116-8)69(131-42)95-24-36(4)64(101)92-76(95)106)137-141(110,145)124-25-39-48(99)53(118-16-11-113-5)67(129-39)93-22-34(2)58(77)86-74(93)104/h22-24,30-33,37-44,48-57,67-71,99H,10-21,25-29H2,1-9H3,(H,107,108)(H,109,144)(H,110,145)(H,111,146)(H,112,147)(H2,77,86,104)(H2,78,81,82)(H,91,100,105)(H,92,101,106)(H3,79,87,89,102)(H3,80,88,90,103)/p-5/t37-,38-,39-,40-,41-,42-,43-,44-,48+,49+,50+,51+,52+,53?,54?,55?,56?,57?,67-,68-,69-,70-,71-,140?,141?,142?,143?/m1/s1. The zero-order valence-corrected chi connectivity index (χ0v) is 86.9. The highest BCUT2D eigenvalue weighted by atomic mass is 32.7. The highest BCUT2D eigenvalue weighted by Gasteiger charge is 2.57. The number of hydrogen-bond acceptors (Lipinski definition) is 56. The maximum Gasteiger partial charge on any atom is 0.351 e. The van der Waals surface area contributed by atoms with Gasteiger partial charge >= 0.3 is 17.1 Å². The smallest absolute Gasteiger partial charge is 0.351 e. The van der Waals surface area contributed by atoms with Gasteiger partial charge < -0.3 is 181 Å². The topological polar surface area (TPSA) is 806 Å². The summed E-state index contributed by atoms with van der Waals surface area (Å²) in [5.41, 5.74) is 17.6. The van der Waals surface area contributed by atoms with Gasteiger partial charge in [-0.3, -0.25) is 75.6 Å². The van der Waals surface area contributed by atoms with E-state index in [1.165, 1.54) is 81.9 Å². The number of aryl methyl sites for hydroxylation is 3. The number of imidazole rings is 3. The molecule has 6 saturated heterocycles. The van der Waals surface area contributed by atoms with Crippen LogP contribution in [0.1, 0.15) is 73.8 Å². The fraction of sp³-hybridized carbons (Fsp3) is 0.645. The molecule has 71 heteroatoms. The first-order valence-electron chi connectivity index (χ1n) is 44.7. The third-order valence-electron chi connectivity index (χ3n) is 23.7. The fourth-order valence-electron chi connectivity index (χ4n) is 16.8. The Morgan fingerprint density at radius 2 is 0.796 bits per heavy atom. The van der Waals surface area contributed by atoms with Crippen LogP contribution in [0.15, 0.2) is 77.5 Å². The van der Waals surface area contributed by atoms with Gasteiger partial charge in [0.1, 0.15) is 136 Å². The van der Waals surface area contributed by atoms with Crippen molar-refractivity contribution in [3.8, 4) is 0 Å². The SMILES string of the molecule is CC[C@H]1O[C@@H](n2cnc3c(=O)[nH]c(N)nc32)C[C@H]1OP([O-])(=S)OC[C@H]1O[C@@H](n2cnc3c(=O)[nH]c(N)nc32)C(OCCOC)[C@H]1OP([O-])(=S)OC[C@H]1O[C@@H](n2cnc3c(N)ncnc32)C(OCCOC)[C@H]1OP(=O)([O-])OC[C@H]1O[C@@H](n2cc(C)c(=O)[nH]c2=O)C(OCCOC)[C@H]1OP(=O)([S-])OC[C@H]1O[C@@H](n2cc(C)c(=O)[nH]c2=O)C(OCCOC)[C@H]1OP([O-])(=S)OC[C@H]1O[C@@H](n2cc(C)c(N)nc2=O)C(OCCOC)[C@H]1O. The number of nitrogens with two attached hydrogens (primary N) is 4. The molecular formula is C76H104N22O40P5S4-5. The summed E-state index contributed by atoms with van der Waals surface area (Å²) in [7, 11) is 0.463. The van der Waals surface area contributed by atoms with E-state index in [-0.39, 0.29) is 140 Å². The van der Waals surface area contributed by atoms with Gasteiger partial charge in [-0.15, -0.1) is 0 Å².